The summed E-state index contributed by atoms with van der Waals surface area (Å²) in [5.74, 6) is 0. The second-order valence-electron chi connectivity index (χ2n) is 0.776. The summed E-state index contributed by atoms with van der Waals surface area (Å²) in [7, 11) is -4.18. The minimum absolute atomic E-state index is 0. The molecule has 4 nitrogen and oxygen atoms in total. The standard InChI is InChI=1S/C2H5ClO4.Na/c1-2-7-3(4,5)6;/h2H2,1H3;. The molecule has 0 aliphatic carbocycles. The van der Waals surface area contributed by atoms with E-state index in [1.807, 2.05) is 0 Å². The molecular formula is C2H5ClNaO4. The molecule has 0 bridgehead atoms. The van der Waals surface area contributed by atoms with Crippen LogP contribution in [0, 0.1) is 10.2 Å². The van der Waals surface area contributed by atoms with Crippen molar-refractivity contribution in [2.75, 3.05) is 6.61 Å². The van der Waals surface area contributed by atoms with Crippen molar-refractivity contribution in [3.8, 4) is 0 Å². The fraction of sp³-hybridized carbons (Fsp3) is 1.00. The van der Waals surface area contributed by atoms with Crippen LogP contribution in [0.3, 0.4) is 0 Å². The van der Waals surface area contributed by atoms with Gasteiger partial charge in [0.25, 0.3) is 0 Å². The summed E-state index contributed by atoms with van der Waals surface area (Å²) in [5, 5.41) is 0. The minimum atomic E-state index is -4.18. The summed E-state index contributed by atoms with van der Waals surface area (Å²) in [4.78, 5) is 0. The van der Waals surface area contributed by atoms with Gasteiger partial charge in [0, 0.05) is 29.6 Å². The quantitative estimate of drug-likeness (QED) is 0.385. The maximum atomic E-state index is 9.43. The summed E-state index contributed by atoms with van der Waals surface area (Å²) >= 11 is 0. The van der Waals surface area contributed by atoms with E-state index in [1.54, 1.807) is 0 Å². The Morgan fingerprint density at radius 3 is 1.75 bits per heavy atom. The Kier molecular flexibility index (Phi) is 7.36. The van der Waals surface area contributed by atoms with Crippen molar-refractivity contribution in [2.24, 2.45) is 0 Å². The molecule has 0 rings (SSSR count). The smallest absolute Gasteiger partial charge is 0.183 e. The average molecular weight is 152 g/mol. The van der Waals surface area contributed by atoms with Gasteiger partial charge in [-0.2, -0.15) is 14.0 Å². The van der Waals surface area contributed by atoms with Crippen LogP contribution >= 0.6 is 0 Å². The van der Waals surface area contributed by atoms with Gasteiger partial charge >= 0.3 is 0 Å². The summed E-state index contributed by atoms with van der Waals surface area (Å²) in [6.45, 7) is 1.32. The molecule has 45 valence electrons. The molecule has 0 heterocycles. The molecule has 8 heavy (non-hydrogen) atoms. The van der Waals surface area contributed by atoms with E-state index in [4.69, 9.17) is 0 Å². The van der Waals surface area contributed by atoms with Crippen LogP contribution in [0.1, 0.15) is 6.92 Å². The van der Waals surface area contributed by atoms with Crippen LogP contribution in [0.25, 0.3) is 0 Å². The van der Waals surface area contributed by atoms with Crippen LogP contribution in [0.5, 0.6) is 0 Å². The Bertz CT molecular complexity index is 52.5. The minimum Gasteiger partial charge on any atom is -0.183 e. The Morgan fingerprint density at radius 1 is 1.38 bits per heavy atom. The predicted octanol–water partition coefficient (Wildman–Crippen LogP) is -3.46. The van der Waals surface area contributed by atoms with Gasteiger partial charge in [-0.1, -0.05) is 0 Å². The van der Waals surface area contributed by atoms with E-state index >= 15 is 0 Å². The van der Waals surface area contributed by atoms with Crippen molar-refractivity contribution in [1.82, 2.24) is 0 Å². The number of halogens is 1. The van der Waals surface area contributed by atoms with Crippen molar-refractivity contribution in [3.63, 3.8) is 0 Å². The summed E-state index contributed by atoms with van der Waals surface area (Å²) in [5.41, 5.74) is 0. The van der Waals surface area contributed by atoms with Crippen LogP contribution < -0.4 is 14.0 Å². The van der Waals surface area contributed by atoms with Crippen molar-refractivity contribution < 1.29 is 28.5 Å². The zero-order chi connectivity index (χ0) is 5.91. The van der Waals surface area contributed by atoms with Crippen LogP contribution in [-0.2, 0) is 4.29 Å². The molecule has 0 atom stereocenters. The van der Waals surface area contributed by atoms with E-state index in [2.05, 4.69) is 4.29 Å². The maximum Gasteiger partial charge on any atom is 0.201 e. The Balaban J connectivity index is 0. The van der Waals surface area contributed by atoms with E-state index in [9.17, 15) is 14.0 Å². The normalized spacial score (nSPS) is 10.5. The zero-order valence-electron chi connectivity index (χ0n) is 4.72. The summed E-state index contributed by atoms with van der Waals surface area (Å²) < 4.78 is 31.9. The molecular weight excluding hydrogens is 146 g/mol. The molecule has 0 fully saturated rings. The molecule has 0 spiro atoms. The fourth-order valence-electron chi connectivity index (χ4n) is 0.134. The summed E-state index contributed by atoms with van der Waals surface area (Å²) in [6.07, 6.45) is 0. The van der Waals surface area contributed by atoms with Crippen molar-refractivity contribution in [3.05, 3.63) is 0 Å². The van der Waals surface area contributed by atoms with Gasteiger partial charge in [0.15, 0.2) is 0 Å². The molecule has 0 amide bonds. The zero-order valence-corrected chi connectivity index (χ0v) is 7.47. The second-order valence-corrected chi connectivity index (χ2v) is 1.75. The largest absolute Gasteiger partial charge is 0.201 e. The monoisotopic (exact) mass is 151 g/mol. The van der Waals surface area contributed by atoms with Gasteiger partial charge in [0.2, 0.25) is 6.61 Å². The first-order valence-corrected chi connectivity index (χ1v) is 2.85. The third-order valence-electron chi connectivity index (χ3n) is 0.243. The molecule has 0 aromatic carbocycles. The molecule has 1 radical (unpaired) electrons. The topological polar surface area (TPSA) is 78.4 Å². The molecule has 0 N–H and O–H groups in total. The van der Waals surface area contributed by atoms with Crippen molar-refractivity contribution in [2.45, 2.75) is 6.92 Å². The van der Waals surface area contributed by atoms with Crippen LogP contribution in [-0.4, -0.2) is 36.2 Å². The van der Waals surface area contributed by atoms with Gasteiger partial charge in [-0.05, 0) is 6.92 Å². The first kappa shape index (κ1) is 11.9. The molecule has 0 aliphatic rings. The van der Waals surface area contributed by atoms with Crippen LogP contribution in [0.15, 0.2) is 0 Å². The van der Waals surface area contributed by atoms with Gasteiger partial charge in [-0.25, -0.2) is 0 Å². The Hall–Kier alpha value is 1.13. The number of hydrogen-bond acceptors (Lipinski definition) is 4. The molecule has 0 saturated heterocycles. The van der Waals surface area contributed by atoms with Crippen LogP contribution in [0.2, 0.25) is 0 Å². The Labute approximate surface area is 71.5 Å². The molecule has 6 heteroatoms. The molecule has 0 aromatic heterocycles. The van der Waals surface area contributed by atoms with E-state index in [-0.39, 0.29) is 36.2 Å². The number of rotatable bonds is 2. The predicted molar refractivity (Wildman–Crippen MR) is 17.4 cm³/mol. The van der Waals surface area contributed by atoms with Crippen molar-refractivity contribution >= 4 is 29.6 Å². The molecule has 0 aromatic rings. The van der Waals surface area contributed by atoms with Crippen molar-refractivity contribution in [1.29, 1.82) is 0 Å². The van der Waals surface area contributed by atoms with Crippen LogP contribution in [0.4, 0.5) is 0 Å². The van der Waals surface area contributed by atoms with Gasteiger partial charge in [-0.3, -0.25) is 0 Å². The number of hydrogen-bond donors (Lipinski definition) is 0. The molecule has 0 saturated carbocycles. The first-order chi connectivity index (χ1) is 3.06. The average Bonchev–Trinajstić information content (AvgIpc) is 1.30. The third kappa shape index (κ3) is 10.2. The van der Waals surface area contributed by atoms with Gasteiger partial charge in [0.05, 0.1) is 14.5 Å². The fourth-order valence-corrected chi connectivity index (χ4v) is 0.401. The third-order valence-corrected chi connectivity index (χ3v) is 0.728. The van der Waals surface area contributed by atoms with E-state index in [0.717, 1.165) is 0 Å². The Morgan fingerprint density at radius 2 is 1.75 bits per heavy atom. The van der Waals surface area contributed by atoms with Gasteiger partial charge in [0.1, 0.15) is 0 Å². The van der Waals surface area contributed by atoms with Gasteiger partial charge in [-0.15, -0.1) is 0 Å². The maximum absolute atomic E-state index is 9.43. The van der Waals surface area contributed by atoms with Gasteiger partial charge < -0.3 is 0 Å². The first-order valence-electron chi connectivity index (χ1n) is 1.61. The SMILES string of the molecule is CCO[Cl+3]([O-])([O-])[O-].[Na]. The molecule has 0 unspecified atom stereocenters. The second kappa shape index (κ2) is 4.96. The molecule has 0 aliphatic heterocycles. The summed E-state index contributed by atoms with van der Waals surface area (Å²) in [6, 6.07) is 0. The van der Waals surface area contributed by atoms with E-state index < -0.39 is 10.2 Å². The van der Waals surface area contributed by atoms with E-state index in [1.165, 1.54) is 6.92 Å². The van der Waals surface area contributed by atoms with E-state index in [0.29, 0.717) is 0 Å².